The molecule has 2 aromatic heterocycles. The summed E-state index contributed by atoms with van der Waals surface area (Å²) in [5, 5.41) is 5.43. The normalized spacial score (nSPS) is 12.2. The molecule has 0 fully saturated rings. The van der Waals surface area contributed by atoms with E-state index in [0.29, 0.717) is 30.9 Å². The number of hydrogen-bond donors (Lipinski definition) is 0. The van der Waals surface area contributed by atoms with Gasteiger partial charge in [-0.15, -0.1) is 5.10 Å². The van der Waals surface area contributed by atoms with E-state index in [1.165, 1.54) is 15.9 Å². The van der Waals surface area contributed by atoms with E-state index in [-0.39, 0.29) is 5.56 Å². The van der Waals surface area contributed by atoms with E-state index >= 15 is 0 Å². The number of nitrogens with zero attached hydrogens (tertiary/aromatic N) is 3. The van der Waals surface area contributed by atoms with Crippen LogP contribution in [0.2, 0.25) is 10.0 Å². The first-order chi connectivity index (χ1) is 11.6. The molecule has 0 N–H and O–H groups in total. The molecule has 24 heavy (non-hydrogen) atoms. The number of halogens is 2. The third-order valence-corrected chi connectivity index (χ3v) is 5.12. The summed E-state index contributed by atoms with van der Waals surface area (Å²) in [5.74, 6) is 0.438. The van der Waals surface area contributed by atoms with E-state index in [0.717, 1.165) is 5.56 Å². The molecule has 4 aromatic rings. The van der Waals surface area contributed by atoms with E-state index in [2.05, 4.69) is 10.1 Å². The number of rotatable bonds is 2. The summed E-state index contributed by atoms with van der Waals surface area (Å²) < 4.78 is 1.83. The molecule has 2 heterocycles. The van der Waals surface area contributed by atoms with Crippen LogP contribution in [0.1, 0.15) is 5.56 Å². The first-order valence-corrected chi connectivity index (χ1v) is 8.61. The molecule has 4 nitrogen and oxygen atoms in total. The molecule has 0 spiro atoms. The fraction of sp³-hybridized carbons (Fsp3) is 0. The zero-order valence-corrected chi connectivity index (χ0v) is 14.4. The van der Waals surface area contributed by atoms with Crippen LogP contribution in [0.15, 0.2) is 53.3 Å². The fourth-order valence-corrected chi connectivity index (χ4v) is 3.63. The van der Waals surface area contributed by atoms with Crippen molar-refractivity contribution in [2.24, 2.45) is 0 Å². The Balaban J connectivity index is 1.87. The maximum atomic E-state index is 12.5. The van der Waals surface area contributed by atoms with Gasteiger partial charge in [0.05, 0.1) is 9.55 Å². The number of fused-ring (bicyclic) bond motifs is 1. The molecule has 0 bridgehead atoms. The smallest absolute Gasteiger partial charge is 0.266 e. The molecule has 118 valence electrons. The minimum absolute atomic E-state index is 0.222. The molecule has 0 saturated carbocycles. The first kappa shape index (κ1) is 15.3. The minimum Gasteiger partial charge on any atom is -0.266 e. The van der Waals surface area contributed by atoms with Crippen LogP contribution in [0.3, 0.4) is 0 Å². The van der Waals surface area contributed by atoms with Crippen LogP contribution in [0.25, 0.3) is 22.4 Å². The highest BCUT2D eigenvalue weighted by Gasteiger charge is 2.13. The highest BCUT2D eigenvalue weighted by molar-refractivity contribution is 7.15. The highest BCUT2D eigenvalue weighted by Crippen LogP contribution is 2.25. The standard InChI is InChI=1S/C17H9Cl2N3OS/c18-12-7-3-1-5-10(12)9-14-16(23)22-17(24-14)20-15(21-22)11-6-2-4-8-13(11)19/h1-9H/b14-9+. The summed E-state index contributed by atoms with van der Waals surface area (Å²) in [4.78, 5) is 17.5. The zero-order chi connectivity index (χ0) is 16.7. The van der Waals surface area contributed by atoms with E-state index in [1.54, 1.807) is 18.2 Å². The van der Waals surface area contributed by atoms with Gasteiger partial charge in [-0.1, -0.05) is 64.9 Å². The average Bonchev–Trinajstić information content (AvgIpc) is 3.10. The van der Waals surface area contributed by atoms with Crippen LogP contribution < -0.4 is 10.1 Å². The Labute approximate surface area is 150 Å². The molecule has 0 aliphatic carbocycles. The Bertz CT molecular complexity index is 1170. The van der Waals surface area contributed by atoms with Crippen molar-refractivity contribution in [2.75, 3.05) is 0 Å². The van der Waals surface area contributed by atoms with Crippen molar-refractivity contribution in [3.8, 4) is 11.4 Å². The summed E-state index contributed by atoms with van der Waals surface area (Å²) in [6.07, 6.45) is 1.75. The molecule has 0 amide bonds. The average molecular weight is 374 g/mol. The van der Waals surface area contributed by atoms with Gasteiger partial charge in [-0.2, -0.15) is 9.50 Å². The van der Waals surface area contributed by atoms with E-state index in [1.807, 2.05) is 36.4 Å². The number of hydrogen-bond acceptors (Lipinski definition) is 4. The van der Waals surface area contributed by atoms with Crippen molar-refractivity contribution in [1.29, 1.82) is 0 Å². The van der Waals surface area contributed by atoms with Crippen molar-refractivity contribution < 1.29 is 0 Å². The Kier molecular flexibility index (Phi) is 3.84. The molecule has 0 saturated heterocycles. The Morgan fingerprint density at radius 2 is 1.71 bits per heavy atom. The van der Waals surface area contributed by atoms with Gasteiger partial charge >= 0.3 is 0 Å². The molecule has 0 aliphatic heterocycles. The Hall–Kier alpha value is -2.21. The third-order valence-electron chi connectivity index (χ3n) is 3.49. The van der Waals surface area contributed by atoms with Gasteiger partial charge in [-0.25, -0.2) is 0 Å². The van der Waals surface area contributed by atoms with Crippen LogP contribution in [-0.4, -0.2) is 14.6 Å². The van der Waals surface area contributed by atoms with E-state index in [9.17, 15) is 4.79 Å². The topological polar surface area (TPSA) is 47.3 Å². The van der Waals surface area contributed by atoms with Crippen molar-refractivity contribution in [1.82, 2.24) is 14.6 Å². The molecule has 0 radical (unpaired) electrons. The molecule has 2 aromatic carbocycles. The lowest BCUT2D eigenvalue weighted by atomic mass is 10.2. The van der Waals surface area contributed by atoms with Gasteiger partial charge in [0, 0.05) is 10.6 Å². The zero-order valence-electron chi connectivity index (χ0n) is 12.1. The quantitative estimate of drug-likeness (QED) is 0.538. The lowest BCUT2D eigenvalue weighted by Gasteiger charge is -1.96. The summed E-state index contributed by atoms with van der Waals surface area (Å²) in [6.45, 7) is 0. The Morgan fingerprint density at radius 3 is 2.42 bits per heavy atom. The van der Waals surface area contributed by atoms with Gasteiger partial charge in [0.25, 0.3) is 5.56 Å². The molecule has 0 atom stereocenters. The second kappa shape index (κ2) is 6.02. The number of thiazole rings is 1. The summed E-state index contributed by atoms with van der Waals surface area (Å²) >= 11 is 13.6. The minimum atomic E-state index is -0.222. The SMILES string of the molecule is O=c1/c(=C\c2ccccc2Cl)sc2nc(-c3ccccc3Cl)nn12. The molecule has 0 aliphatic rings. The number of benzene rings is 2. The van der Waals surface area contributed by atoms with Gasteiger partial charge in [0.15, 0.2) is 5.82 Å². The largest absolute Gasteiger partial charge is 0.291 e. The van der Waals surface area contributed by atoms with E-state index < -0.39 is 0 Å². The lowest BCUT2D eigenvalue weighted by molar-refractivity contribution is 0.937. The summed E-state index contributed by atoms with van der Waals surface area (Å²) in [5.41, 5.74) is 1.26. The number of aromatic nitrogens is 3. The molecule has 4 rings (SSSR count). The van der Waals surface area contributed by atoms with Crippen molar-refractivity contribution in [3.05, 3.63) is 79.0 Å². The second-order valence-electron chi connectivity index (χ2n) is 5.05. The van der Waals surface area contributed by atoms with Crippen molar-refractivity contribution >= 4 is 45.6 Å². The highest BCUT2D eigenvalue weighted by atomic mass is 35.5. The van der Waals surface area contributed by atoms with Gasteiger partial charge in [0.2, 0.25) is 4.96 Å². The van der Waals surface area contributed by atoms with E-state index in [4.69, 9.17) is 23.2 Å². The van der Waals surface area contributed by atoms with Gasteiger partial charge < -0.3 is 0 Å². The van der Waals surface area contributed by atoms with Crippen LogP contribution in [0.5, 0.6) is 0 Å². The fourth-order valence-electron chi connectivity index (χ4n) is 2.32. The summed E-state index contributed by atoms with van der Waals surface area (Å²) in [6, 6.07) is 14.6. The van der Waals surface area contributed by atoms with Gasteiger partial charge in [-0.05, 0) is 29.8 Å². The summed E-state index contributed by atoms with van der Waals surface area (Å²) in [7, 11) is 0. The van der Waals surface area contributed by atoms with Crippen molar-refractivity contribution in [2.45, 2.75) is 0 Å². The first-order valence-electron chi connectivity index (χ1n) is 7.04. The predicted molar refractivity (Wildman–Crippen MR) is 97.8 cm³/mol. The lowest BCUT2D eigenvalue weighted by Crippen LogP contribution is -2.23. The van der Waals surface area contributed by atoms with Crippen molar-refractivity contribution in [3.63, 3.8) is 0 Å². The van der Waals surface area contributed by atoms with Crippen LogP contribution in [-0.2, 0) is 0 Å². The predicted octanol–water partition coefficient (Wildman–Crippen LogP) is 3.67. The van der Waals surface area contributed by atoms with Crippen LogP contribution in [0.4, 0.5) is 0 Å². The maximum absolute atomic E-state index is 12.5. The van der Waals surface area contributed by atoms with Gasteiger partial charge in [-0.3, -0.25) is 4.79 Å². The third kappa shape index (κ3) is 2.60. The monoisotopic (exact) mass is 373 g/mol. The Morgan fingerprint density at radius 1 is 1.00 bits per heavy atom. The molecule has 0 unspecified atom stereocenters. The maximum Gasteiger partial charge on any atom is 0.291 e. The van der Waals surface area contributed by atoms with Gasteiger partial charge in [0.1, 0.15) is 0 Å². The molecule has 7 heteroatoms. The molecular weight excluding hydrogens is 365 g/mol. The second-order valence-corrected chi connectivity index (χ2v) is 6.87. The van der Waals surface area contributed by atoms with Crippen LogP contribution >= 0.6 is 34.5 Å². The molecular formula is C17H9Cl2N3OS. The van der Waals surface area contributed by atoms with Crippen LogP contribution in [0, 0.1) is 0 Å².